The van der Waals surface area contributed by atoms with E-state index in [1.807, 2.05) is 29.2 Å². The van der Waals surface area contributed by atoms with E-state index in [2.05, 4.69) is 20.1 Å². The topological polar surface area (TPSA) is 68.8 Å². The first-order valence-electron chi connectivity index (χ1n) is 11.4. The van der Waals surface area contributed by atoms with E-state index in [-0.39, 0.29) is 17.7 Å². The summed E-state index contributed by atoms with van der Waals surface area (Å²) in [5, 5.41) is 4.44. The van der Waals surface area contributed by atoms with Crippen LogP contribution in [0.5, 0.6) is 0 Å². The van der Waals surface area contributed by atoms with Crippen LogP contribution in [0.15, 0.2) is 24.3 Å². The van der Waals surface area contributed by atoms with Crippen LogP contribution in [0.3, 0.4) is 0 Å². The predicted molar refractivity (Wildman–Crippen MR) is 127 cm³/mol. The maximum Gasteiger partial charge on any atom is 0.236 e. The van der Waals surface area contributed by atoms with Gasteiger partial charge in [0, 0.05) is 67.2 Å². The molecule has 32 heavy (non-hydrogen) atoms. The van der Waals surface area contributed by atoms with Gasteiger partial charge in [-0.15, -0.1) is 11.3 Å². The highest BCUT2D eigenvalue weighted by molar-refractivity contribution is 7.15. The van der Waals surface area contributed by atoms with Crippen LogP contribution in [0.4, 0.5) is 10.8 Å². The number of hydrogen-bond acceptors (Lipinski definition) is 6. The molecule has 1 aromatic heterocycles. The summed E-state index contributed by atoms with van der Waals surface area (Å²) < 4.78 is 0. The summed E-state index contributed by atoms with van der Waals surface area (Å²) in [5.74, 6) is 0.449. The Labute approximate surface area is 197 Å². The summed E-state index contributed by atoms with van der Waals surface area (Å²) in [6.07, 6.45) is 3.94. The van der Waals surface area contributed by atoms with Crippen molar-refractivity contribution in [1.82, 2.24) is 14.8 Å². The number of rotatable bonds is 5. The van der Waals surface area contributed by atoms with E-state index >= 15 is 0 Å². The molecule has 3 heterocycles. The molecule has 1 aromatic carbocycles. The molecule has 0 bridgehead atoms. The summed E-state index contributed by atoms with van der Waals surface area (Å²) >= 11 is 7.54. The highest BCUT2D eigenvalue weighted by Crippen LogP contribution is 2.31. The van der Waals surface area contributed by atoms with Crippen LogP contribution in [0.2, 0.25) is 5.02 Å². The van der Waals surface area contributed by atoms with Crippen LogP contribution in [0.25, 0.3) is 0 Å². The monoisotopic (exact) mass is 473 g/mol. The van der Waals surface area contributed by atoms with Crippen molar-refractivity contribution in [2.45, 2.75) is 32.2 Å². The smallest absolute Gasteiger partial charge is 0.236 e. The summed E-state index contributed by atoms with van der Waals surface area (Å²) in [5.41, 5.74) is 2.22. The number of piperazine rings is 1. The first kappa shape index (κ1) is 21.7. The van der Waals surface area contributed by atoms with Crippen molar-refractivity contribution in [3.8, 4) is 0 Å². The second-order valence-corrected chi connectivity index (χ2v) is 10.3. The number of benzene rings is 1. The Bertz CT molecular complexity index is 983. The van der Waals surface area contributed by atoms with Crippen LogP contribution in [-0.4, -0.2) is 65.9 Å². The van der Waals surface area contributed by atoms with E-state index in [0.29, 0.717) is 11.7 Å². The van der Waals surface area contributed by atoms with Gasteiger partial charge in [0.25, 0.3) is 0 Å². The third kappa shape index (κ3) is 4.77. The molecular formula is C23H28ClN5O2S. The Morgan fingerprint density at radius 1 is 1.09 bits per heavy atom. The molecule has 5 rings (SSSR count). The van der Waals surface area contributed by atoms with Crippen molar-refractivity contribution in [3.05, 3.63) is 39.9 Å². The molecule has 2 aromatic rings. The number of carbonyl (C=O) groups is 2. The Morgan fingerprint density at radius 3 is 2.53 bits per heavy atom. The van der Waals surface area contributed by atoms with E-state index in [4.69, 9.17) is 11.6 Å². The van der Waals surface area contributed by atoms with Gasteiger partial charge in [-0.3, -0.25) is 14.5 Å². The first-order valence-corrected chi connectivity index (χ1v) is 12.5. The van der Waals surface area contributed by atoms with Crippen molar-refractivity contribution >= 4 is 45.6 Å². The molecule has 7 nitrogen and oxygen atoms in total. The summed E-state index contributed by atoms with van der Waals surface area (Å²) in [7, 11) is 0. The second kappa shape index (κ2) is 9.37. The standard InChI is InChI=1S/C23H28ClN5O2S/c24-17-4-6-18(7-5-17)28-10-12-29(13-11-28)21(30)15-27-9-8-19-20(14-27)32-23(25-19)26-22(31)16-2-1-3-16/h4-7,16H,1-3,8-15H2,(H,25,26,31). The van der Waals surface area contributed by atoms with Gasteiger partial charge in [0.1, 0.15) is 0 Å². The largest absolute Gasteiger partial charge is 0.368 e. The SMILES string of the molecule is O=C(Nc1nc2c(s1)CN(CC(=O)N1CCN(c3ccc(Cl)cc3)CC1)CC2)C1CCC1. The van der Waals surface area contributed by atoms with Crippen molar-refractivity contribution < 1.29 is 9.59 Å². The van der Waals surface area contributed by atoms with Crippen LogP contribution in [-0.2, 0) is 22.6 Å². The molecule has 170 valence electrons. The molecule has 0 unspecified atom stereocenters. The average Bonchev–Trinajstić information content (AvgIpc) is 3.14. The minimum absolute atomic E-state index is 0.104. The number of nitrogens with one attached hydrogen (secondary N) is 1. The number of nitrogens with zero attached hydrogens (tertiary/aromatic N) is 4. The average molecular weight is 474 g/mol. The van der Waals surface area contributed by atoms with Gasteiger partial charge in [-0.1, -0.05) is 18.0 Å². The molecule has 1 saturated heterocycles. The Morgan fingerprint density at radius 2 is 1.84 bits per heavy atom. The van der Waals surface area contributed by atoms with Gasteiger partial charge in [0.05, 0.1) is 12.2 Å². The fourth-order valence-corrected chi connectivity index (χ4v) is 5.65. The molecule has 2 aliphatic heterocycles. The number of amides is 2. The lowest BCUT2D eigenvalue weighted by molar-refractivity contribution is -0.133. The first-order chi connectivity index (χ1) is 15.5. The summed E-state index contributed by atoms with van der Waals surface area (Å²) in [4.78, 5) is 37.4. The third-order valence-electron chi connectivity index (χ3n) is 6.70. The number of hydrogen-bond donors (Lipinski definition) is 1. The molecule has 2 amide bonds. The Hall–Kier alpha value is -2.16. The maximum absolute atomic E-state index is 12.9. The number of thiazole rings is 1. The minimum atomic E-state index is 0.104. The van der Waals surface area contributed by atoms with Crippen molar-refractivity contribution in [2.24, 2.45) is 5.92 Å². The quantitative estimate of drug-likeness (QED) is 0.722. The third-order valence-corrected chi connectivity index (χ3v) is 7.95. The Balaban J connectivity index is 1.11. The van der Waals surface area contributed by atoms with Gasteiger partial charge in [-0.2, -0.15) is 0 Å². The highest BCUT2D eigenvalue weighted by Gasteiger charge is 2.28. The molecule has 0 radical (unpaired) electrons. The number of anilines is 2. The van der Waals surface area contributed by atoms with Gasteiger partial charge in [0.2, 0.25) is 11.8 Å². The van der Waals surface area contributed by atoms with Crippen molar-refractivity contribution in [3.63, 3.8) is 0 Å². The zero-order valence-corrected chi connectivity index (χ0v) is 19.6. The zero-order valence-electron chi connectivity index (χ0n) is 18.1. The van der Waals surface area contributed by atoms with Crippen LogP contribution < -0.4 is 10.2 Å². The fraction of sp³-hybridized carbons (Fsp3) is 0.522. The molecule has 3 aliphatic rings. The van der Waals surface area contributed by atoms with Crippen molar-refractivity contribution in [1.29, 1.82) is 0 Å². The molecule has 0 atom stereocenters. The molecule has 1 aliphatic carbocycles. The van der Waals surface area contributed by atoms with Gasteiger partial charge < -0.3 is 15.1 Å². The van der Waals surface area contributed by atoms with Gasteiger partial charge in [-0.25, -0.2) is 4.98 Å². The molecule has 1 saturated carbocycles. The molecule has 2 fully saturated rings. The van der Waals surface area contributed by atoms with Gasteiger partial charge in [0.15, 0.2) is 5.13 Å². The fourth-order valence-electron chi connectivity index (χ4n) is 4.47. The van der Waals surface area contributed by atoms with Crippen LogP contribution in [0.1, 0.15) is 29.8 Å². The molecule has 9 heteroatoms. The summed E-state index contributed by atoms with van der Waals surface area (Å²) in [6, 6.07) is 7.87. The number of fused-ring (bicyclic) bond motifs is 1. The van der Waals surface area contributed by atoms with Crippen LogP contribution in [0, 0.1) is 5.92 Å². The highest BCUT2D eigenvalue weighted by atomic mass is 35.5. The van der Waals surface area contributed by atoms with E-state index in [1.165, 1.54) is 4.88 Å². The van der Waals surface area contributed by atoms with Crippen LogP contribution >= 0.6 is 22.9 Å². The summed E-state index contributed by atoms with van der Waals surface area (Å²) in [6.45, 7) is 5.11. The predicted octanol–water partition coefficient (Wildman–Crippen LogP) is 3.24. The zero-order chi connectivity index (χ0) is 22.1. The minimum Gasteiger partial charge on any atom is -0.368 e. The molecule has 1 N–H and O–H groups in total. The molecule has 0 spiro atoms. The number of aromatic nitrogens is 1. The van der Waals surface area contributed by atoms with Gasteiger partial charge >= 0.3 is 0 Å². The number of halogens is 1. The van der Waals surface area contributed by atoms with Gasteiger partial charge in [-0.05, 0) is 37.1 Å². The Kier molecular flexibility index (Phi) is 6.35. The lowest BCUT2D eigenvalue weighted by Crippen LogP contribution is -2.51. The van der Waals surface area contributed by atoms with E-state index in [0.717, 1.165) is 81.4 Å². The lowest BCUT2D eigenvalue weighted by Gasteiger charge is -2.37. The second-order valence-electron chi connectivity index (χ2n) is 8.81. The lowest BCUT2D eigenvalue weighted by atomic mass is 9.85. The normalized spacial score (nSPS) is 19.4. The van der Waals surface area contributed by atoms with E-state index in [1.54, 1.807) is 11.3 Å². The molecular weight excluding hydrogens is 446 g/mol. The number of carbonyl (C=O) groups excluding carboxylic acids is 2. The maximum atomic E-state index is 12.9. The van der Waals surface area contributed by atoms with E-state index < -0.39 is 0 Å². The van der Waals surface area contributed by atoms with E-state index in [9.17, 15) is 9.59 Å². The van der Waals surface area contributed by atoms with Crippen molar-refractivity contribution in [2.75, 3.05) is 49.5 Å².